The van der Waals surface area contributed by atoms with E-state index in [4.69, 9.17) is 5.73 Å². The van der Waals surface area contributed by atoms with E-state index in [2.05, 4.69) is 5.32 Å². The Morgan fingerprint density at radius 3 is 2.62 bits per heavy atom. The molecule has 1 saturated carbocycles. The molecule has 116 valence electrons. The molecule has 1 fully saturated rings. The Morgan fingerprint density at radius 2 is 2.10 bits per heavy atom. The van der Waals surface area contributed by atoms with Crippen molar-refractivity contribution in [1.29, 1.82) is 0 Å². The van der Waals surface area contributed by atoms with Gasteiger partial charge in [-0.05, 0) is 38.0 Å². The second kappa shape index (κ2) is 5.83. The maximum absolute atomic E-state index is 12.8. The SMILES string of the molecule is CCNC(=O)c1ccc(N)cc1N(CC(F)(F)F)C1CC1. The van der Waals surface area contributed by atoms with Crippen molar-refractivity contribution in [2.24, 2.45) is 0 Å². The summed E-state index contributed by atoms with van der Waals surface area (Å²) in [6.45, 7) is 1.09. The highest BCUT2D eigenvalue weighted by molar-refractivity contribution is 6.00. The molecule has 0 aromatic heterocycles. The van der Waals surface area contributed by atoms with E-state index in [1.807, 2.05) is 0 Å². The fraction of sp³-hybridized carbons (Fsp3) is 0.500. The van der Waals surface area contributed by atoms with Crippen LogP contribution in [-0.4, -0.2) is 31.2 Å². The van der Waals surface area contributed by atoms with Gasteiger partial charge in [-0.1, -0.05) is 0 Å². The Hall–Kier alpha value is -1.92. The number of anilines is 2. The summed E-state index contributed by atoms with van der Waals surface area (Å²) < 4.78 is 38.4. The van der Waals surface area contributed by atoms with Crippen LogP contribution >= 0.6 is 0 Å². The molecule has 0 spiro atoms. The lowest BCUT2D eigenvalue weighted by molar-refractivity contribution is -0.120. The van der Waals surface area contributed by atoms with Crippen LogP contribution in [-0.2, 0) is 0 Å². The second-order valence-electron chi connectivity index (χ2n) is 5.11. The lowest BCUT2D eigenvalue weighted by Crippen LogP contribution is -2.37. The first-order chi connectivity index (χ1) is 9.81. The van der Waals surface area contributed by atoms with Crippen molar-refractivity contribution in [3.05, 3.63) is 23.8 Å². The topological polar surface area (TPSA) is 58.4 Å². The molecular formula is C14H18F3N3O. The Balaban J connectivity index is 2.38. The largest absolute Gasteiger partial charge is 0.405 e. The molecule has 7 heteroatoms. The molecule has 0 atom stereocenters. The van der Waals surface area contributed by atoms with Gasteiger partial charge >= 0.3 is 6.18 Å². The van der Waals surface area contributed by atoms with Gasteiger partial charge in [0.1, 0.15) is 6.54 Å². The van der Waals surface area contributed by atoms with Gasteiger partial charge in [0, 0.05) is 18.3 Å². The zero-order chi connectivity index (χ0) is 15.6. The number of benzene rings is 1. The lowest BCUT2D eigenvalue weighted by Gasteiger charge is -2.28. The quantitative estimate of drug-likeness (QED) is 0.822. The van der Waals surface area contributed by atoms with Crippen LogP contribution < -0.4 is 16.0 Å². The van der Waals surface area contributed by atoms with Crippen LogP contribution in [0.4, 0.5) is 24.5 Å². The Kier molecular flexibility index (Phi) is 4.29. The van der Waals surface area contributed by atoms with Crippen molar-refractivity contribution < 1.29 is 18.0 Å². The van der Waals surface area contributed by atoms with Crippen molar-refractivity contribution in [2.45, 2.75) is 32.0 Å². The average molecular weight is 301 g/mol. The van der Waals surface area contributed by atoms with Gasteiger partial charge in [-0.3, -0.25) is 4.79 Å². The van der Waals surface area contributed by atoms with E-state index in [1.165, 1.54) is 23.1 Å². The highest BCUT2D eigenvalue weighted by atomic mass is 19.4. The van der Waals surface area contributed by atoms with E-state index >= 15 is 0 Å². The number of alkyl halides is 3. The predicted molar refractivity (Wildman–Crippen MR) is 75.3 cm³/mol. The summed E-state index contributed by atoms with van der Waals surface area (Å²) in [6, 6.07) is 4.25. The van der Waals surface area contributed by atoms with Gasteiger partial charge in [-0.15, -0.1) is 0 Å². The fourth-order valence-corrected chi connectivity index (χ4v) is 2.22. The molecule has 0 bridgehead atoms. The highest BCUT2D eigenvalue weighted by Gasteiger charge is 2.39. The highest BCUT2D eigenvalue weighted by Crippen LogP contribution is 2.37. The summed E-state index contributed by atoms with van der Waals surface area (Å²) in [4.78, 5) is 13.3. The number of hydrogen-bond donors (Lipinski definition) is 2. The molecule has 0 unspecified atom stereocenters. The minimum Gasteiger partial charge on any atom is -0.399 e. The number of rotatable bonds is 5. The van der Waals surface area contributed by atoms with Crippen molar-refractivity contribution >= 4 is 17.3 Å². The van der Waals surface area contributed by atoms with Gasteiger partial charge in [-0.2, -0.15) is 13.2 Å². The first-order valence-electron chi connectivity index (χ1n) is 6.83. The molecule has 3 N–H and O–H groups in total. The molecule has 0 aliphatic heterocycles. The van der Waals surface area contributed by atoms with E-state index in [9.17, 15) is 18.0 Å². The Morgan fingerprint density at radius 1 is 1.43 bits per heavy atom. The zero-order valence-electron chi connectivity index (χ0n) is 11.7. The van der Waals surface area contributed by atoms with E-state index < -0.39 is 12.7 Å². The number of hydrogen-bond acceptors (Lipinski definition) is 3. The van der Waals surface area contributed by atoms with Crippen molar-refractivity contribution in [1.82, 2.24) is 5.32 Å². The number of carbonyl (C=O) groups is 1. The summed E-state index contributed by atoms with van der Waals surface area (Å²) in [5.74, 6) is -0.389. The van der Waals surface area contributed by atoms with Crippen LogP contribution in [0.1, 0.15) is 30.1 Å². The Labute approximate surface area is 121 Å². The number of carbonyl (C=O) groups excluding carboxylic acids is 1. The van der Waals surface area contributed by atoms with Gasteiger partial charge < -0.3 is 16.0 Å². The van der Waals surface area contributed by atoms with E-state index in [0.29, 0.717) is 25.1 Å². The number of amides is 1. The molecule has 1 aliphatic carbocycles. The number of nitrogens with two attached hydrogens (primary N) is 1. The predicted octanol–water partition coefficient (Wildman–Crippen LogP) is 2.55. The summed E-state index contributed by atoms with van der Waals surface area (Å²) in [6.07, 6.45) is -2.94. The molecule has 1 amide bonds. The lowest BCUT2D eigenvalue weighted by atomic mass is 10.1. The van der Waals surface area contributed by atoms with Crippen molar-refractivity contribution in [3.63, 3.8) is 0 Å². The van der Waals surface area contributed by atoms with E-state index in [1.54, 1.807) is 6.92 Å². The third-order valence-electron chi connectivity index (χ3n) is 3.25. The van der Waals surface area contributed by atoms with Gasteiger partial charge in [0.2, 0.25) is 0 Å². The van der Waals surface area contributed by atoms with Crippen LogP contribution in [0.25, 0.3) is 0 Å². The Bertz CT molecular complexity index is 527. The summed E-state index contributed by atoms with van der Waals surface area (Å²) in [7, 11) is 0. The van der Waals surface area contributed by atoms with Crippen LogP contribution in [0, 0.1) is 0 Å². The smallest absolute Gasteiger partial charge is 0.399 e. The van der Waals surface area contributed by atoms with Crippen LogP contribution in [0.15, 0.2) is 18.2 Å². The fourth-order valence-electron chi connectivity index (χ4n) is 2.22. The first-order valence-corrected chi connectivity index (χ1v) is 6.83. The van der Waals surface area contributed by atoms with Gasteiger partial charge in [0.15, 0.2) is 0 Å². The molecule has 1 aliphatic rings. The first kappa shape index (κ1) is 15.5. The maximum Gasteiger partial charge on any atom is 0.405 e. The standard InChI is InChI=1S/C14H18F3N3O/c1-2-19-13(21)11-6-3-9(18)7-12(11)20(10-4-5-10)8-14(15,16)17/h3,6-7,10H,2,4-5,8,18H2,1H3,(H,19,21). The van der Waals surface area contributed by atoms with E-state index in [0.717, 1.165) is 0 Å². The molecule has 21 heavy (non-hydrogen) atoms. The van der Waals surface area contributed by atoms with Crippen molar-refractivity contribution in [2.75, 3.05) is 23.7 Å². The van der Waals surface area contributed by atoms with Gasteiger partial charge in [0.05, 0.1) is 11.3 Å². The minimum absolute atomic E-state index is 0.179. The summed E-state index contributed by atoms with van der Waals surface area (Å²) in [5, 5.41) is 2.61. The molecular weight excluding hydrogens is 283 g/mol. The van der Waals surface area contributed by atoms with Crippen LogP contribution in [0.3, 0.4) is 0 Å². The monoisotopic (exact) mass is 301 g/mol. The minimum atomic E-state index is -4.33. The third-order valence-corrected chi connectivity index (χ3v) is 3.25. The van der Waals surface area contributed by atoms with Gasteiger partial charge in [-0.25, -0.2) is 0 Å². The number of nitrogens with zero attached hydrogens (tertiary/aromatic N) is 1. The van der Waals surface area contributed by atoms with Crippen LogP contribution in [0.5, 0.6) is 0 Å². The zero-order valence-corrected chi connectivity index (χ0v) is 11.7. The summed E-state index contributed by atoms with van der Waals surface area (Å²) >= 11 is 0. The maximum atomic E-state index is 12.8. The molecule has 1 aromatic rings. The van der Waals surface area contributed by atoms with Crippen LogP contribution in [0.2, 0.25) is 0 Å². The molecule has 4 nitrogen and oxygen atoms in total. The number of nitrogens with one attached hydrogen (secondary N) is 1. The second-order valence-corrected chi connectivity index (χ2v) is 5.11. The van der Waals surface area contributed by atoms with Gasteiger partial charge in [0.25, 0.3) is 5.91 Å². The number of halogens is 3. The molecule has 1 aromatic carbocycles. The number of nitrogen functional groups attached to an aromatic ring is 1. The molecule has 0 saturated heterocycles. The van der Waals surface area contributed by atoms with Crippen molar-refractivity contribution in [3.8, 4) is 0 Å². The molecule has 0 heterocycles. The molecule has 0 radical (unpaired) electrons. The molecule has 2 rings (SSSR count). The van der Waals surface area contributed by atoms with E-state index in [-0.39, 0.29) is 23.2 Å². The third kappa shape index (κ3) is 4.03. The summed E-state index contributed by atoms with van der Waals surface area (Å²) in [5.41, 5.74) is 6.50. The normalized spacial score (nSPS) is 14.9. The average Bonchev–Trinajstić information content (AvgIpc) is 3.19.